The first kappa shape index (κ1) is 80.9. The van der Waals surface area contributed by atoms with E-state index in [0.29, 0.717) is 6.42 Å². The lowest BCUT2D eigenvalue weighted by Gasteiger charge is -2.40. The van der Waals surface area contributed by atoms with Crippen molar-refractivity contribution in [3.8, 4) is 0 Å². The topological polar surface area (TPSA) is 149 Å². The molecule has 0 aliphatic carbocycles. The van der Waals surface area contributed by atoms with Crippen LogP contribution in [0.4, 0.5) is 0 Å². The summed E-state index contributed by atoms with van der Waals surface area (Å²) in [5, 5.41) is 54.8. The SMILES string of the molecule is CC/C=C\C/C=C\C/C=C\C/C=C\CCCCCCCCCCCCCCCCCCCCCCCCCCCCCCC(=O)NC(COC1OC(CO)C(O)C(O)C1O)C(O)/C=C/CCCCCCCCCCCCCCCCCCCCC. The van der Waals surface area contributed by atoms with E-state index in [1.165, 1.54) is 276 Å². The number of carbonyl (C=O) groups is 1. The lowest BCUT2D eigenvalue weighted by Crippen LogP contribution is -2.60. The molecular weight excluding hydrogens is 1050 g/mol. The molecule has 1 amide bonds. The fraction of sp³-hybridized carbons (Fsp3) is 0.855. The highest BCUT2D eigenvalue weighted by Crippen LogP contribution is 2.24. The van der Waals surface area contributed by atoms with Gasteiger partial charge in [-0.2, -0.15) is 0 Å². The number of amides is 1. The molecule has 1 aliphatic heterocycles. The smallest absolute Gasteiger partial charge is 0.220 e. The van der Waals surface area contributed by atoms with Crippen molar-refractivity contribution in [2.75, 3.05) is 13.2 Å². The number of carbonyl (C=O) groups excluding carboxylic acids is 1. The minimum Gasteiger partial charge on any atom is -0.394 e. The molecule has 0 radical (unpaired) electrons. The molecule has 7 atom stereocenters. The van der Waals surface area contributed by atoms with E-state index in [1.807, 2.05) is 6.08 Å². The third-order valence-electron chi connectivity index (χ3n) is 17.6. The molecule has 1 aliphatic rings. The van der Waals surface area contributed by atoms with E-state index in [-0.39, 0.29) is 12.5 Å². The second kappa shape index (κ2) is 64.9. The number of allylic oxidation sites excluding steroid dienone is 9. The minimum absolute atomic E-state index is 0.169. The normalized spacial score (nSPS) is 18.4. The van der Waals surface area contributed by atoms with Gasteiger partial charge in [-0.15, -0.1) is 0 Å². The molecule has 6 N–H and O–H groups in total. The molecule has 1 saturated heterocycles. The molecule has 7 unspecified atom stereocenters. The summed E-state index contributed by atoms with van der Waals surface area (Å²) in [5.74, 6) is -0.169. The maximum atomic E-state index is 13.1. The standard InChI is InChI=1S/C76H141NO8/c1-3-5-7-9-11-13-15-17-19-21-23-25-26-27-28-29-30-31-32-33-34-35-36-37-38-39-40-41-42-43-44-46-48-50-52-54-56-58-60-62-64-66-72(80)77-69(68-84-76-75(83)74(82)73(81)71(67-78)85-76)70(79)65-63-61-59-57-55-53-51-49-47-45-24-22-20-18-16-14-12-10-8-6-4-2/h5,7,11,13,17,19,23,25,63,65,69-71,73-76,78-79,81-83H,3-4,6,8-10,12,14-16,18,20-22,24,26-62,64,66-68H2,1-2H3,(H,77,80)/b7-5-,13-11-,19-17-,25-23-,65-63+. The molecule has 0 bridgehead atoms. The maximum absolute atomic E-state index is 13.1. The van der Waals surface area contributed by atoms with Gasteiger partial charge in [0.15, 0.2) is 6.29 Å². The van der Waals surface area contributed by atoms with Crippen molar-refractivity contribution in [1.29, 1.82) is 0 Å². The Labute approximate surface area is 526 Å². The van der Waals surface area contributed by atoms with Gasteiger partial charge in [0, 0.05) is 6.42 Å². The molecule has 9 nitrogen and oxygen atoms in total. The van der Waals surface area contributed by atoms with Crippen LogP contribution in [0.5, 0.6) is 0 Å². The van der Waals surface area contributed by atoms with Gasteiger partial charge in [0.25, 0.3) is 0 Å². The second-order valence-electron chi connectivity index (χ2n) is 25.7. The summed E-state index contributed by atoms with van der Waals surface area (Å²) in [5.41, 5.74) is 0. The van der Waals surface area contributed by atoms with Crippen LogP contribution in [-0.2, 0) is 14.3 Å². The van der Waals surface area contributed by atoms with Crippen molar-refractivity contribution in [2.45, 2.75) is 403 Å². The van der Waals surface area contributed by atoms with Crippen molar-refractivity contribution in [3.63, 3.8) is 0 Å². The summed E-state index contributed by atoms with van der Waals surface area (Å²) in [4.78, 5) is 13.1. The van der Waals surface area contributed by atoms with E-state index in [4.69, 9.17) is 9.47 Å². The van der Waals surface area contributed by atoms with E-state index in [0.717, 1.165) is 64.2 Å². The molecule has 498 valence electrons. The molecule has 1 heterocycles. The van der Waals surface area contributed by atoms with Crippen molar-refractivity contribution in [1.82, 2.24) is 5.32 Å². The number of aliphatic hydroxyl groups excluding tert-OH is 5. The molecule has 85 heavy (non-hydrogen) atoms. The van der Waals surface area contributed by atoms with Crippen LogP contribution in [0.2, 0.25) is 0 Å². The van der Waals surface area contributed by atoms with Gasteiger partial charge in [0.1, 0.15) is 24.4 Å². The van der Waals surface area contributed by atoms with Crippen molar-refractivity contribution < 1.29 is 39.8 Å². The quantitative estimate of drug-likeness (QED) is 0.0261. The highest BCUT2D eigenvalue weighted by molar-refractivity contribution is 5.76. The Kier molecular flexibility index (Phi) is 61.7. The first-order valence-electron chi connectivity index (χ1n) is 37.0. The predicted octanol–water partition coefficient (Wildman–Crippen LogP) is 20.5. The van der Waals surface area contributed by atoms with Gasteiger partial charge in [0.05, 0.1) is 25.4 Å². The lowest BCUT2D eigenvalue weighted by molar-refractivity contribution is -0.302. The molecule has 0 aromatic rings. The molecule has 1 rings (SSSR count). The monoisotopic (exact) mass is 1200 g/mol. The van der Waals surface area contributed by atoms with Gasteiger partial charge in [-0.05, 0) is 57.8 Å². The summed E-state index contributed by atoms with van der Waals surface area (Å²) in [6.45, 7) is 3.71. The van der Waals surface area contributed by atoms with Crippen LogP contribution in [0.15, 0.2) is 60.8 Å². The molecule has 0 saturated carbocycles. The van der Waals surface area contributed by atoms with Crippen molar-refractivity contribution in [2.24, 2.45) is 0 Å². The summed E-state index contributed by atoms with van der Waals surface area (Å²) in [6, 6.07) is -0.805. The van der Waals surface area contributed by atoms with E-state index in [2.05, 4.69) is 67.8 Å². The van der Waals surface area contributed by atoms with E-state index >= 15 is 0 Å². The zero-order valence-corrected chi connectivity index (χ0v) is 55.9. The third kappa shape index (κ3) is 53.4. The summed E-state index contributed by atoms with van der Waals surface area (Å²) in [6.07, 6.45) is 83.5. The third-order valence-corrected chi connectivity index (χ3v) is 17.6. The fourth-order valence-corrected chi connectivity index (χ4v) is 11.9. The summed E-state index contributed by atoms with van der Waals surface area (Å²) < 4.78 is 11.3. The van der Waals surface area contributed by atoms with E-state index in [9.17, 15) is 30.3 Å². The van der Waals surface area contributed by atoms with E-state index in [1.54, 1.807) is 6.08 Å². The number of nitrogens with one attached hydrogen (secondary N) is 1. The summed E-state index contributed by atoms with van der Waals surface area (Å²) in [7, 11) is 0. The number of unbranched alkanes of at least 4 members (excludes halogenated alkanes) is 47. The Morgan fingerprint density at radius 3 is 1.08 bits per heavy atom. The van der Waals surface area contributed by atoms with Crippen molar-refractivity contribution in [3.05, 3.63) is 60.8 Å². The highest BCUT2D eigenvalue weighted by Gasteiger charge is 2.44. The lowest BCUT2D eigenvalue weighted by atomic mass is 9.99. The van der Waals surface area contributed by atoms with Crippen LogP contribution < -0.4 is 5.32 Å². The second-order valence-corrected chi connectivity index (χ2v) is 25.7. The first-order chi connectivity index (χ1) is 41.8. The molecule has 1 fully saturated rings. The number of hydrogen-bond donors (Lipinski definition) is 6. The molecular formula is C76H141NO8. The van der Waals surface area contributed by atoms with E-state index < -0.39 is 49.5 Å². The zero-order valence-electron chi connectivity index (χ0n) is 55.9. The number of ether oxygens (including phenoxy) is 2. The van der Waals surface area contributed by atoms with Gasteiger partial charge in [0.2, 0.25) is 5.91 Å². The average Bonchev–Trinajstić information content (AvgIpc) is 3.68. The first-order valence-corrected chi connectivity index (χ1v) is 37.0. The van der Waals surface area contributed by atoms with Crippen LogP contribution in [0.25, 0.3) is 0 Å². The Hall–Kier alpha value is -2.11. The number of rotatable bonds is 65. The largest absolute Gasteiger partial charge is 0.394 e. The van der Waals surface area contributed by atoms with Crippen molar-refractivity contribution >= 4 is 5.91 Å². The van der Waals surface area contributed by atoms with Crippen LogP contribution >= 0.6 is 0 Å². The number of aliphatic hydroxyl groups is 5. The molecule has 0 spiro atoms. The Balaban J connectivity index is 2.04. The van der Waals surface area contributed by atoms with Gasteiger partial charge >= 0.3 is 0 Å². The molecule has 0 aromatic heterocycles. The molecule has 9 heteroatoms. The van der Waals surface area contributed by atoms with Crippen LogP contribution in [-0.4, -0.2) is 87.5 Å². The van der Waals surface area contributed by atoms with Crippen LogP contribution in [0, 0.1) is 0 Å². The Morgan fingerprint density at radius 1 is 0.412 bits per heavy atom. The Morgan fingerprint density at radius 2 is 0.729 bits per heavy atom. The number of hydrogen-bond acceptors (Lipinski definition) is 8. The van der Waals surface area contributed by atoms with Crippen LogP contribution in [0.3, 0.4) is 0 Å². The zero-order chi connectivity index (χ0) is 61.4. The maximum Gasteiger partial charge on any atom is 0.220 e. The predicted molar refractivity (Wildman–Crippen MR) is 364 cm³/mol. The average molecular weight is 1200 g/mol. The Bertz CT molecular complexity index is 1530. The highest BCUT2D eigenvalue weighted by atomic mass is 16.7. The van der Waals surface area contributed by atoms with Gasteiger partial charge in [-0.1, -0.05) is 357 Å². The summed E-state index contributed by atoms with van der Waals surface area (Å²) >= 11 is 0. The van der Waals surface area contributed by atoms with Gasteiger partial charge < -0.3 is 40.3 Å². The molecule has 0 aromatic carbocycles. The van der Waals surface area contributed by atoms with Gasteiger partial charge in [-0.3, -0.25) is 4.79 Å². The fourth-order valence-electron chi connectivity index (χ4n) is 11.9. The van der Waals surface area contributed by atoms with Gasteiger partial charge in [-0.25, -0.2) is 0 Å². The minimum atomic E-state index is -1.57. The van der Waals surface area contributed by atoms with Crippen LogP contribution in [0.1, 0.15) is 361 Å².